The maximum Gasteiger partial charge on any atom is 0.148 e. The quantitative estimate of drug-likeness (QED) is 0.780. The summed E-state index contributed by atoms with van der Waals surface area (Å²) in [5.41, 5.74) is 7.36. The minimum atomic E-state index is -0.630. The molecule has 1 aromatic carbocycles. The fourth-order valence-corrected chi connectivity index (χ4v) is 1.52. The number of hydrogen-bond acceptors (Lipinski definition) is 2. The molecule has 84 valence electrons. The van der Waals surface area contributed by atoms with Gasteiger partial charge < -0.3 is 5.73 Å². The third-order valence-electron chi connectivity index (χ3n) is 2.57. The molecule has 1 heterocycles. The molecule has 0 saturated carbocycles. The number of halogens is 2. The number of nitrogens with two attached hydrogens (primary N) is 1. The number of aromatic amines is 1. The first-order chi connectivity index (χ1) is 7.50. The molecule has 0 unspecified atom stereocenters. The molecule has 5 heteroatoms. The Hall–Kier alpha value is -1.91. The Morgan fingerprint density at radius 1 is 1.19 bits per heavy atom. The van der Waals surface area contributed by atoms with Gasteiger partial charge in [-0.05, 0) is 25.5 Å². The summed E-state index contributed by atoms with van der Waals surface area (Å²) >= 11 is 0. The van der Waals surface area contributed by atoms with Crippen molar-refractivity contribution in [2.75, 3.05) is 5.73 Å². The third-order valence-corrected chi connectivity index (χ3v) is 2.57. The van der Waals surface area contributed by atoms with Crippen LogP contribution in [-0.4, -0.2) is 10.2 Å². The van der Waals surface area contributed by atoms with Crippen molar-refractivity contribution >= 4 is 5.82 Å². The zero-order valence-corrected chi connectivity index (χ0v) is 8.94. The number of nitrogen functional groups attached to an aromatic ring is 1. The van der Waals surface area contributed by atoms with Gasteiger partial charge in [0.05, 0.1) is 5.69 Å². The smallest absolute Gasteiger partial charge is 0.148 e. The topological polar surface area (TPSA) is 54.7 Å². The van der Waals surface area contributed by atoms with Gasteiger partial charge in [0.2, 0.25) is 0 Å². The first-order valence-corrected chi connectivity index (χ1v) is 4.77. The van der Waals surface area contributed by atoms with E-state index < -0.39 is 11.6 Å². The molecule has 0 aliphatic heterocycles. The van der Waals surface area contributed by atoms with Crippen LogP contribution in [0, 0.1) is 25.5 Å². The van der Waals surface area contributed by atoms with E-state index >= 15 is 0 Å². The second-order valence-electron chi connectivity index (χ2n) is 3.69. The number of aromatic nitrogens is 2. The van der Waals surface area contributed by atoms with Crippen LogP contribution in [0.1, 0.15) is 11.1 Å². The molecule has 3 N–H and O–H groups in total. The van der Waals surface area contributed by atoms with Crippen molar-refractivity contribution in [2.24, 2.45) is 0 Å². The van der Waals surface area contributed by atoms with Gasteiger partial charge in [0, 0.05) is 17.2 Å². The highest BCUT2D eigenvalue weighted by molar-refractivity contribution is 5.68. The highest BCUT2D eigenvalue weighted by Crippen LogP contribution is 2.28. The number of benzene rings is 1. The molecular weight excluding hydrogens is 212 g/mol. The van der Waals surface area contributed by atoms with Gasteiger partial charge in [0.1, 0.15) is 17.5 Å². The first-order valence-electron chi connectivity index (χ1n) is 4.77. The van der Waals surface area contributed by atoms with Crippen molar-refractivity contribution in [3.05, 3.63) is 34.9 Å². The van der Waals surface area contributed by atoms with Crippen LogP contribution in [0.25, 0.3) is 11.3 Å². The number of H-pyrrole nitrogens is 1. The zero-order valence-electron chi connectivity index (χ0n) is 8.94. The molecule has 0 atom stereocenters. The molecule has 0 saturated heterocycles. The summed E-state index contributed by atoms with van der Waals surface area (Å²) in [6.07, 6.45) is 0. The van der Waals surface area contributed by atoms with Gasteiger partial charge in [0.25, 0.3) is 0 Å². The fraction of sp³-hybridized carbons (Fsp3) is 0.182. The molecule has 3 nitrogen and oxygen atoms in total. The monoisotopic (exact) mass is 223 g/mol. The minimum absolute atomic E-state index is 0.278. The van der Waals surface area contributed by atoms with Gasteiger partial charge in [-0.25, -0.2) is 8.78 Å². The number of nitrogens with zero attached hydrogens (tertiary/aromatic N) is 1. The number of aryl methyl sites for hydroxylation is 1. The molecule has 0 spiro atoms. The van der Waals surface area contributed by atoms with Crippen LogP contribution in [0.15, 0.2) is 12.1 Å². The summed E-state index contributed by atoms with van der Waals surface area (Å²) in [5, 5.41) is 6.42. The van der Waals surface area contributed by atoms with E-state index in [1.165, 1.54) is 6.07 Å². The summed E-state index contributed by atoms with van der Waals surface area (Å²) in [6.45, 7) is 3.31. The second-order valence-corrected chi connectivity index (χ2v) is 3.69. The molecule has 16 heavy (non-hydrogen) atoms. The Balaban J connectivity index is 2.65. The van der Waals surface area contributed by atoms with Crippen molar-refractivity contribution < 1.29 is 8.78 Å². The summed E-state index contributed by atoms with van der Waals surface area (Å²) in [4.78, 5) is 0. The van der Waals surface area contributed by atoms with Gasteiger partial charge >= 0.3 is 0 Å². The van der Waals surface area contributed by atoms with Crippen LogP contribution in [-0.2, 0) is 0 Å². The van der Waals surface area contributed by atoms with Gasteiger partial charge in [-0.3, -0.25) is 5.10 Å². The van der Waals surface area contributed by atoms with E-state index in [1.807, 2.05) is 0 Å². The van der Waals surface area contributed by atoms with Crippen molar-refractivity contribution in [3.63, 3.8) is 0 Å². The lowest BCUT2D eigenvalue weighted by Crippen LogP contribution is -1.92. The van der Waals surface area contributed by atoms with Crippen molar-refractivity contribution in [1.82, 2.24) is 10.2 Å². The molecule has 0 bridgehead atoms. The first kappa shape index (κ1) is 10.6. The second kappa shape index (κ2) is 3.59. The normalized spacial score (nSPS) is 10.8. The van der Waals surface area contributed by atoms with Crippen LogP contribution >= 0.6 is 0 Å². The molecule has 0 radical (unpaired) electrons. The average molecular weight is 223 g/mol. The van der Waals surface area contributed by atoms with Gasteiger partial charge in [-0.2, -0.15) is 5.10 Å². The predicted octanol–water partition coefficient (Wildman–Crippen LogP) is 2.55. The van der Waals surface area contributed by atoms with E-state index in [2.05, 4.69) is 10.2 Å². The lowest BCUT2D eigenvalue weighted by Gasteiger charge is -2.04. The van der Waals surface area contributed by atoms with Crippen LogP contribution in [0.4, 0.5) is 14.6 Å². The van der Waals surface area contributed by atoms with E-state index in [-0.39, 0.29) is 5.56 Å². The molecule has 1 aromatic heterocycles. The van der Waals surface area contributed by atoms with E-state index in [4.69, 9.17) is 5.73 Å². The van der Waals surface area contributed by atoms with Crippen LogP contribution < -0.4 is 5.73 Å². The molecule has 0 amide bonds. The number of nitrogens with one attached hydrogen (secondary N) is 1. The SMILES string of the molecule is Cc1cc(-c2[nH]nc(N)c2C)c(F)cc1F. The van der Waals surface area contributed by atoms with Gasteiger partial charge in [-0.15, -0.1) is 0 Å². The molecule has 2 aromatic rings. The van der Waals surface area contributed by atoms with E-state index in [0.717, 1.165) is 6.07 Å². The Morgan fingerprint density at radius 2 is 1.88 bits per heavy atom. The molecule has 0 aliphatic carbocycles. The highest BCUT2D eigenvalue weighted by atomic mass is 19.1. The van der Waals surface area contributed by atoms with E-state index in [1.54, 1.807) is 13.8 Å². The minimum Gasteiger partial charge on any atom is -0.382 e. The Kier molecular flexibility index (Phi) is 2.38. The van der Waals surface area contributed by atoms with Gasteiger partial charge in [0.15, 0.2) is 0 Å². The summed E-state index contributed by atoms with van der Waals surface area (Å²) in [7, 11) is 0. The van der Waals surface area contributed by atoms with Crippen molar-refractivity contribution in [3.8, 4) is 11.3 Å². The average Bonchev–Trinajstić information content (AvgIpc) is 2.54. The largest absolute Gasteiger partial charge is 0.382 e. The lowest BCUT2D eigenvalue weighted by atomic mass is 10.0. The van der Waals surface area contributed by atoms with E-state index in [9.17, 15) is 8.78 Å². The summed E-state index contributed by atoms with van der Waals surface area (Å²) in [5.74, 6) is -0.877. The summed E-state index contributed by atoms with van der Waals surface area (Å²) in [6, 6.07) is 2.30. The molecule has 0 aliphatic rings. The van der Waals surface area contributed by atoms with Crippen LogP contribution in [0.2, 0.25) is 0 Å². The Labute approximate surface area is 91.3 Å². The number of hydrogen-bond donors (Lipinski definition) is 2. The van der Waals surface area contributed by atoms with E-state index in [0.29, 0.717) is 22.6 Å². The standard InChI is InChI=1S/C11H11F2N3/c1-5-3-7(9(13)4-8(5)12)10-6(2)11(14)16-15-10/h3-4H,1-2H3,(H3,14,15,16). The molecule has 0 fully saturated rings. The zero-order chi connectivity index (χ0) is 11.9. The maximum atomic E-state index is 13.6. The third kappa shape index (κ3) is 1.54. The summed E-state index contributed by atoms with van der Waals surface area (Å²) < 4.78 is 26.7. The van der Waals surface area contributed by atoms with Gasteiger partial charge in [-0.1, -0.05) is 0 Å². The Bertz CT molecular complexity index is 546. The highest BCUT2D eigenvalue weighted by Gasteiger charge is 2.14. The Morgan fingerprint density at radius 3 is 2.44 bits per heavy atom. The number of anilines is 1. The van der Waals surface area contributed by atoms with Crippen LogP contribution in [0.3, 0.4) is 0 Å². The molecule has 2 rings (SSSR count). The maximum absolute atomic E-state index is 13.6. The predicted molar refractivity (Wildman–Crippen MR) is 57.8 cm³/mol. The number of rotatable bonds is 1. The molecular formula is C11H11F2N3. The van der Waals surface area contributed by atoms with Crippen molar-refractivity contribution in [1.29, 1.82) is 0 Å². The fourth-order valence-electron chi connectivity index (χ4n) is 1.52. The lowest BCUT2D eigenvalue weighted by molar-refractivity contribution is 0.579. The van der Waals surface area contributed by atoms with Crippen LogP contribution in [0.5, 0.6) is 0 Å². The van der Waals surface area contributed by atoms with Crippen molar-refractivity contribution in [2.45, 2.75) is 13.8 Å².